The summed E-state index contributed by atoms with van der Waals surface area (Å²) in [4.78, 5) is 15.3. The predicted octanol–water partition coefficient (Wildman–Crippen LogP) is 5.82. The second kappa shape index (κ2) is 9.88. The highest BCUT2D eigenvalue weighted by Crippen LogP contribution is 2.49. The highest BCUT2D eigenvalue weighted by Gasteiger charge is 2.40. The van der Waals surface area contributed by atoms with Crippen molar-refractivity contribution in [2.45, 2.75) is 5.60 Å². The maximum atomic E-state index is 13.0. The average molecular weight is 508 g/mol. The van der Waals surface area contributed by atoms with Crippen LogP contribution in [0, 0.1) is 0 Å². The van der Waals surface area contributed by atoms with E-state index in [1.165, 1.54) is 7.11 Å². The van der Waals surface area contributed by atoms with Crippen LogP contribution in [0.25, 0.3) is 16.8 Å². The average Bonchev–Trinajstić information content (AvgIpc) is 3.00. The summed E-state index contributed by atoms with van der Waals surface area (Å²) in [5, 5.41) is 1.65. The number of anilines is 1. The van der Waals surface area contributed by atoms with E-state index in [0.717, 1.165) is 53.9 Å². The molecule has 1 unspecified atom stereocenters. The molecule has 38 heavy (non-hydrogen) atoms. The number of benzene rings is 4. The van der Waals surface area contributed by atoms with Gasteiger partial charge in [-0.05, 0) is 24.3 Å². The first-order valence-electron chi connectivity index (χ1n) is 12.7. The number of hydrogen-bond acceptors (Lipinski definition) is 6. The van der Waals surface area contributed by atoms with Gasteiger partial charge in [0, 0.05) is 46.2 Å². The summed E-state index contributed by atoms with van der Waals surface area (Å²) in [7, 11) is 2.94. The molecule has 6 rings (SSSR count). The molecule has 2 aliphatic heterocycles. The van der Waals surface area contributed by atoms with Crippen molar-refractivity contribution in [2.24, 2.45) is 0 Å². The van der Waals surface area contributed by atoms with Gasteiger partial charge in [-0.3, -0.25) is 0 Å². The van der Waals surface area contributed by atoms with Crippen LogP contribution in [0.1, 0.15) is 27.0 Å². The molecule has 192 valence electrons. The summed E-state index contributed by atoms with van der Waals surface area (Å²) in [6.45, 7) is 3.21. The molecule has 0 aromatic heterocycles. The van der Waals surface area contributed by atoms with E-state index < -0.39 is 11.6 Å². The number of fused-ring (bicyclic) bond motifs is 3. The van der Waals surface area contributed by atoms with Crippen LogP contribution in [0.3, 0.4) is 0 Å². The molecule has 4 aromatic carbocycles. The van der Waals surface area contributed by atoms with Gasteiger partial charge in [0.1, 0.15) is 17.1 Å². The van der Waals surface area contributed by atoms with E-state index >= 15 is 0 Å². The van der Waals surface area contributed by atoms with E-state index in [-0.39, 0.29) is 0 Å². The monoisotopic (exact) mass is 507 g/mol. The highest BCUT2D eigenvalue weighted by molar-refractivity contribution is 6.08. The zero-order valence-electron chi connectivity index (χ0n) is 21.5. The van der Waals surface area contributed by atoms with Gasteiger partial charge in [0.25, 0.3) is 0 Å². The zero-order valence-corrected chi connectivity index (χ0v) is 21.5. The van der Waals surface area contributed by atoms with Gasteiger partial charge < -0.3 is 23.8 Å². The number of morpholine rings is 1. The third-order valence-electron chi connectivity index (χ3n) is 7.37. The molecule has 1 saturated heterocycles. The predicted molar refractivity (Wildman–Crippen MR) is 148 cm³/mol. The molecule has 0 amide bonds. The molecule has 6 heteroatoms. The molecule has 0 spiro atoms. The van der Waals surface area contributed by atoms with Crippen molar-refractivity contribution in [3.05, 3.63) is 107 Å². The smallest absolute Gasteiger partial charge is 0.342 e. The van der Waals surface area contributed by atoms with Crippen molar-refractivity contribution in [1.29, 1.82) is 0 Å². The first kappa shape index (κ1) is 24.1. The molecule has 2 aliphatic rings. The minimum absolute atomic E-state index is 0.351. The normalized spacial score (nSPS) is 18.5. The lowest BCUT2D eigenvalue weighted by Crippen LogP contribution is -2.37. The minimum atomic E-state index is -0.900. The number of esters is 1. The van der Waals surface area contributed by atoms with E-state index in [1.807, 2.05) is 54.6 Å². The Morgan fingerprint density at radius 1 is 0.842 bits per heavy atom. The van der Waals surface area contributed by atoms with Gasteiger partial charge in [0.05, 0.1) is 27.4 Å². The van der Waals surface area contributed by atoms with Crippen LogP contribution in [-0.4, -0.2) is 46.5 Å². The Morgan fingerprint density at radius 2 is 1.50 bits per heavy atom. The van der Waals surface area contributed by atoms with Gasteiger partial charge in [-0.15, -0.1) is 0 Å². The van der Waals surface area contributed by atoms with Gasteiger partial charge >= 0.3 is 5.97 Å². The quantitative estimate of drug-likeness (QED) is 0.317. The van der Waals surface area contributed by atoms with E-state index in [9.17, 15) is 4.79 Å². The van der Waals surface area contributed by atoms with Crippen molar-refractivity contribution in [3.8, 4) is 11.5 Å². The van der Waals surface area contributed by atoms with Gasteiger partial charge in [-0.1, -0.05) is 66.7 Å². The second-order valence-electron chi connectivity index (χ2n) is 9.37. The fraction of sp³-hybridized carbons (Fsp3) is 0.219. The topological polar surface area (TPSA) is 57.2 Å². The number of methoxy groups -OCH3 is 2. The number of ether oxygens (including phenoxy) is 4. The Morgan fingerprint density at radius 3 is 2.18 bits per heavy atom. The molecule has 1 fully saturated rings. The van der Waals surface area contributed by atoms with E-state index in [1.54, 1.807) is 7.11 Å². The fourth-order valence-electron chi connectivity index (χ4n) is 5.48. The van der Waals surface area contributed by atoms with Crippen molar-refractivity contribution in [1.82, 2.24) is 0 Å². The van der Waals surface area contributed by atoms with Crippen LogP contribution >= 0.6 is 0 Å². The van der Waals surface area contributed by atoms with Gasteiger partial charge in [-0.2, -0.15) is 0 Å². The third kappa shape index (κ3) is 3.89. The standard InChI is InChI=1S/C32H29NO5/c1-35-30-26-11-7-6-10-25(26)29-27(28(30)31(34)36-2)16-17-32(38-29,22-8-4-3-5-9-22)23-12-14-24(15-13-23)33-18-20-37-21-19-33/h3-17H,18-21H2,1-2H3. The number of carbonyl (C=O) groups is 1. The Balaban J connectivity index is 1.55. The Kier molecular flexibility index (Phi) is 6.26. The SMILES string of the molecule is COC(=O)c1c2c(c3ccccc3c1OC)OC(c1ccccc1)(c1ccc(N3CCOCC3)cc1)C=C2. The fourth-order valence-corrected chi connectivity index (χ4v) is 5.48. The van der Waals surface area contributed by atoms with Crippen LogP contribution in [0.2, 0.25) is 0 Å². The molecule has 0 aliphatic carbocycles. The largest absolute Gasteiger partial charge is 0.495 e. The van der Waals surface area contributed by atoms with Gasteiger partial charge in [0.15, 0.2) is 5.60 Å². The van der Waals surface area contributed by atoms with E-state index in [4.69, 9.17) is 18.9 Å². The van der Waals surface area contributed by atoms with Crippen LogP contribution in [0.5, 0.6) is 11.5 Å². The van der Waals surface area contributed by atoms with E-state index in [2.05, 4.69) is 41.3 Å². The number of hydrogen-bond donors (Lipinski definition) is 0. The maximum Gasteiger partial charge on any atom is 0.342 e. The molecule has 4 aromatic rings. The van der Waals surface area contributed by atoms with Crippen molar-refractivity contribution < 1.29 is 23.7 Å². The molecular weight excluding hydrogens is 478 g/mol. The van der Waals surface area contributed by atoms with Crippen LogP contribution in [-0.2, 0) is 15.1 Å². The second-order valence-corrected chi connectivity index (χ2v) is 9.37. The number of nitrogens with zero attached hydrogens (tertiary/aromatic N) is 1. The highest BCUT2D eigenvalue weighted by atomic mass is 16.5. The summed E-state index contributed by atoms with van der Waals surface area (Å²) < 4.78 is 23.5. The molecule has 0 radical (unpaired) electrons. The van der Waals surface area contributed by atoms with Crippen molar-refractivity contribution in [3.63, 3.8) is 0 Å². The Labute approximate surface area is 222 Å². The summed E-state index contributed by atoms with van der Waals surface area (Å²) in [6, 6.07) is 26.5. The number of rotatable bonds is 5. The summed E-state index contributed by atoms with van der Waals surface area (Å²) in [5.74, 6) is 0.617. The van der Waals surface area contributed by atoms with Crippen LogP contribution in [0.15, 0.2) is 84.9 Å². The molecule has 6 nitrogen and oxygen atoms in total. The summed E-state index contributed by atoms with van der Waals surface area (Å²) >= 11 is 0. The Bertz CT molecular complexity index is 1510. The summed E-state index contributed by atoms with van der Waals surface area (Å²) in [6.07, 6.45) is 3.98. The van der Waals surface area contributed by atoms with Gasteiger partial charge in [0.2, 0.25) is 0 Å². The molecular formula is C32H29NO5. The first-order chi connectivity index (χ1) is 18.7. The lowest BCUT2D eigenvalue weighted by atomic mass is 9.82. The number of carbonyl (C=O) groups excluding carboxylic acids is 1. The van der Waals surface area contributed by atoms with Gasteiger partial charge in [-0.25, -0.2) is 4.79 Å². The third-order valence-corrected chi connectivity index (χ3v) is 7.37. The minimum Gasteiger partial charge on any atom is -0.495 e. The van der Waals surface area contributed by atoms with E-state index in [0.29, 0.717) is 22.6 Å². The zero-order chi connectivity index (χ0) is 26.1. The molecule has 0 bridgehead atoms. The Hall–Kier alpha value is -4.29. The first-order valence-corrected chi connectivity index (χ1v) is 12.7. The molecule has 1 atom stereocenters. The lowest BCUT2D eigenvalue weighted by molar-refractivity contribution is 0.0595. The lowest BCUT2D eigenvalue weighted by Gasteiger charge is -2.37. The van der Waals surface area contributed by atoms with Crippen molar-refractivity contribution in [2.75, 3.05) is 45.4 Å². The maximum absolute atomic E-state index is 13.0. The molecule has 0 saturated carbocycles. The van der Waals surface area contributed by atoms with Crippen molar-refractivity contribution >= 4 is 28.5 Å². The van der Waals surface area contributed by atoms with Crippen LogP contribution in [0.4, 0.5) is 5.69 Å². The molecule has 0 N–H and O–H groups in total. The molecule has 2 heterocycles. The van der Waals surface area contributed by atoms with Crippen LogP contribution < -0.4 is 14.4 Å². The summed E-state index contributed by atoms with van der Waals surface area (Å²) in [5.41, 5.74) is 3.22.